The number of ether oxygens (including phenoxy) is 1. The molecule has 0 aliphatic heterocycles. The molecule has 0 atom stereocenters. The molecule has 0 fully saturated rings. The predicted octanol–water partition coefficient (Wildman–Crippen LogP) is 4.08. The highest BCUT2D eigenvalue weighted by atomic mass is 16.5. The normalized spacial score (nSPS) is 10.3. The lowest BCUT2D eigenvalue weighted by Gasteiger charge is -2.12. The summed E-state index contributed by atoms with van der Waals surface area (Å²) in [5, 5.41) is 6.88. The summed E-state index contributed by atoms with van der Waals surface area (Å²) in [4.78, 5) is 16.2. The van der Waals surface area contributed by atoms with E-state index in [4.69, 9.17) is 4.74 Å². The van der Waals surface area contributed by atoms with Crippen LogP contribution in [0, 0.1) is 0 Å². The Kier molecular flexibility index (Phi) is 4.66. The van der Waals surface area contributed by atoms with Gasteiger partial charge in [0.25, 0.3) is 0 Å². The number of anilines is 2. The zero-order valence-electron chi connectivity index (χ0n) is 14.2. The van der Waals surface area contributed by atoms with Gasteiger partial charge in [-0.1, -0.05) is 24.8 Å². The molecule has 5 nitrogen and oxygen atoms in total. The third kappa shape index (κ3) is 3.45. The van der Waals surface area contributed by atoms with Crippen LogP contribution in [0.15, 0.2) is 61.2 Å². The maximum absolute atomic E-state index is 11.6. The van der Waals surface area contributed by atoms with Crippen LogP contribution < -0.4 is 15.4 Å². The van der Waals surface area contributed by atoms with Gasteiger partial charge in [0.1, 0.15) is 11.6 Å². The molecule has 126 valence electrons. The van der Waals surface area contributed by atoms with Crippen LogP contribution in [0.25, 0.3) is 22.0 Å². The number of nitrogens with one attached hydrogen (secondary N) is 2. The van der Waals surface area contributed by atoms with Gasteiger partial charge < -0.3 is 15.4 Å². The third-order valence-corrected chi connectivity index (χ3v) is 3.92. The summed E-state index contributed by atoms with van der Waals surface area (Å²) in [6.45, 7) is 3.48. The number of hydrogen-bond acceptors (Lipinski definition) is 4. The van der Waals surface area contributed by atoms with Gasteiger partial charge >= 0.3 is 0 Å². The lowest BCUT2D eigenvalue weighted by molar-refractivity contribution is -0.111. The molecule has 1 heterocycles. The van der Waals surface area contributed by atoms with Gasteiger partial charge in [-0.05, 0) is 47.5 Å². The van der Waals surface area contributed by atoms with Crippen LogP contribution in [0.5, 0.6) is 5.75 Å². The van der Waals surface area contributed by atoms with Crippen LogP contribution in [0.1, 0.15) is 0 Å². The summed E-state index contributed by atoms with van der Waals surface area (Å²) in [6, 6.07) is 15.7. The Balaban J connectivity index is 2.05. The molecule has 3 aromatic rings. The van der Waals surface area contributed by atoms with Crippen molar-refractivity contribution in [3.05, 3.63) is 61.2 Å². The van der Waals surface area contributed by atoms with Crippen molar-refractivity contribution in [2.75, 3.05) is 24.8 Å². The molecule has 3 rings (SSSR count). The van der Waals surface area contributed by atoms with E-state index in [0.717, 1.165) is 27.8 Å². The number of aromatic nitrogens is 1. The number of carbonyl (C=O) groups excluding carboxylic acids is 1. The Labute approximate surface area is 146 Å². The van der Waals surface area contributed by atoms with E-state index in [9.17, 15) is 4.79 Å². The Hall–Kier alpha value is -3.34. The van der Waals surface area contributed by atoms with Crippen molar-refractivity contribution in [2.45, 2.75) is 0 Å². The van der Waals surface area contributed by atoms with E-state index in [1.54, 1.807) is 7.11 Å². The summed E-state index contributed by atoms with van der Waals surface area (Å²) in [6.07, 6.45) is 1.23. The largest absolute Gasteiger partial charge is 0.495 e. The predicted molar refractivity (Wildman–Crippen MR) is 102 cm³/mol. The van der Waals surface area contributed by atoms with Crippen molar-refractivity contribution < 1.29 is 9.53 Å². The third-order valence-electron chi connectivity index (χ3n) is 3.92. The van der Waals surface area contributed by atoms with Gasteiger partial charge in [-0.25, -0.2) is 4.98 Å². The molecule has 0 aliphatic carbocycles. The summed E-state index contributed by atoms with van der Waals surface area (Å²) in [5.41, 5.74) is 3.46. The quantitative estimate of drug-likeness (QED) is 0.691. The molecule has 0 saturated heterocycles. The molecule has 0 unspecified atom stereocenters. The molecule has 0 saturated carbocycles. The van der Waals surface area contributed by atoms with Gasteiger partial charge in [0, 0.05) is 12.4 Å². The van der Waals surface area contributed by atoms with Crippen LogP contribution in [0.3, 0.4) is 0 Å². The number of rotatable bonds is 5. The van der Waals surface area contributed by atoms with Crippen molar-refractivity contribution in [3.63, 3.8) is 0 Å². The molecule has 5 heteroatoms. The zero-order chi connectivity index (χ0) is 17.8. The van der Waals surface area contributed by atoms with E-state index in [-0.39, 0.29) is 5.91 Å². The molecule has 25 heavy (non-hydrogen) atoms. The van der Waals surface area contributed by atoms with Crippen LogP contribution in [0.4, 0.5) is 11.5 Å². The molecule has 1 aromatic heterocycles. The molecule has 0 aliphatic rings. The molecular formula is C20H19N3O2. The Morgan fingerprint density at radius 1 is 1.12 bits per heavy atom. The minimum atomic E-state index is -0.283. The Bertz CT molecular complexity index is 951. The maximum Gasteiger partial charge on any atom is 0.247 e. The standard InChI is InChI=1S/C20H19N3O2/c1-4-20(24)23-17-12-15(7-9-18(17)25-3)14-6-5-13-8-10-19(21-2)22-16(13)11-14/h4-12H,1H2,2-3H3,(H,21,22)(H,23,24). The van der Waals surface area contributed by atoms with Gasteiger partial charge in [-0.2, -0.15) is 0 Å². The van der Waals surface area contributed by atoms with E-state index in [0.29, 0.717) is 11.4 Å². The number of carbonyl (C=O) groups is 1. The fourth-order valence-electron chi connectivity index (χ4n) is 2.60. The molecule has 0 spiro atoms. The fraction of sp³-hybridized carbons (Fsp3) is 0.100. The van der Waals surface area contributed by atoms with Crippen molar-refractivity contribution in [3.8, 4) is 16.9 Å². The molecule has 0 radical (unpaired) electrons. The smallest absolute Gasteiger partial charge is 0.247 e. The first-order valence-electron chi connectivity index (χ1n) is 7.85. The topological polar surface area (TPSA) is 63.2 Å². The summed E-state index contributed by atoms with van der Waals surface area (Å²) in [7, 11) is 3.41. The molecular weight excluding hydrogens is 314 g/mol. The van der Waals surface area contributed by atoms with E-state index in [1.165, 1.54) is 6.08 Å². The SMILES string of the molecule is C=CC(=O)Nc1cc(-c2ccc3ccc(NC)nc3c2)ccc1OC. The van der Waals surface area contributed by atoms with Gasteiger partial charge in [0.05, 0.1) is 18.3 Å². The lowest BCUT2D eigenvalue weighted by atomic mass is 10.0. The number of benzene rings is 2. The average molecular weight is 333 g/mol. The molecule has 2 aromatic carbocycles. The van der Waals surface area contributed by atoms with Crippen molar-refractivity contribution in [1.82, 2.24) is 4.98 Å². The highest BCUT2D eigenvalue weighted by Crippen LogP contribution is 2.32. The van der Waals surface area contributed by atoms with Crippen molar-refractivity contribution in [2.24, 2.45) is 0 Å². The Morgan fingerprint density at radius 2 is 1.84 bits per heavy atom. The number of hydrogen-bond donors (Lipinski definition) is 2. The number of methoxy groups -OCH3 is 1. The highest BCUT2D eigenvalue weighted by Gasteiger charge is 2.09. The second kappa shape index (κ2) is 7.05. The minimum absolute atomic E-state index is 0.283. The van der Waals surface area contributed by atoms with Gasteiger partial charge in [-0.15, -0.1) is 0 Å². The van der Waals surface area contributed by atoms with Gasteiger partial charge in [-0.3, -0.25) is 4.79 Å². The summed E-state index contributed by atoms with van der Waals surface area (Å²) < 4.78 is 5.31. The van der Waals surface area contributed by atoms with E-state index in [2.05, 4.69) is 22.2 Å². The highest BCUT2D eigenvalue weighted by molar-refractivity contribution is 6.00. The molecule has 0 bridgehead atoms. The number of nitrogens with zero attached hydrogens (tertiary/aromatic N) is 1. The first-order valence-corrected chi connectivity index (χ1v) is 7.85. The Morgan fingerprint density at radius 3 is 2.56 bits per heavy atom. The number of fused-ring (bicyclic) bond motifs is 1. The van der Waals surface area contributed by atoms with Crippen LogP contribution in [-0.2, 0) is 4.79 Å². The van der Waals surface area contributed by atoms with E-state index < -0.39 is 0 Å². The molecule has 1 amide bonds. The van der Waals surface area contributed by atoms with Crippen molar-refractivity contribution in [1.29, 1.82) is 0 Å². The van der Waals surface area contributed by atoms with Gasteiger partial charge in [0.2, 0.25) is 5.91 Å². The van der Waals surface area contributed by atoms with E-state index >= 15 is 0 Å². The monoisotopic (exact) mass is 333 g/mol. The molecule has 2 N–H and O–H groups in total. The summed E-state index contributed by atoms with van der Waals surface area (Å²) >= 11 is 0. The van der Waals surface area contributed by atoms with Crippen LogP contribution >= 0.6 is 0 Å². The second-order valence-electron chi connectivity index (χ2n) is 5.46. The number of pyridine rings is 1. The lowest BCUT2D eigenvalue weighted by Crippen LogP contribution is -2.08. The zero-order valence-corrected chi connectivity index (χ0v) is 14.2. The van der Waals surface area contributed by atoms with Crippen LogP contribution in [-0.4, -0.2) is 25.0 Å². The van der Waals surface area contributed by atoms with Crippen molar-refractivity contribution >= 4 is 28.3 Å². The fourth-order valence-corrected chi connectivity index (χ4v) is 2.60. The maximum atomic E-state index is 11.6. The first kappa shape index (κ1) is 16.5. The second-order valence-corrected chi connectivity index (χ2v) is 5.46. The minimum Gasteiger partial charge on any atom is -0.495 e. The van der Waals surface area contributed by atoms with E-state index in [1.807, 2.05) is 55.6 Å². The van der Waals surface area contributed by atoms with Crippen LogP contribution in [0.2, 0.25) is 0 Å². The summed E-state index contributed by atoms with van der Waals surface area (Å²) in [5.74, 6) is 1.13. The van der Waals surface area contributed by atoms with Gasteiger partial charge in [0.15, 0.2) is 0 Å². The average Bonchev–Trinajstić information content (AvgIpc) is 2.66. The number of amides is 1. The first-order chi connectivity index (χ1) is 12.1.